The number of carbonyl (C=O) groups excluding carboxylic acids is 4. The van der Waals surface area contributed by atoms with Crippen LogP contribution in [0.1, 0.15) is 33.6 Å². The van der Waals surface area contributed by atoms with Crippen LogP contribution in [0.3, 0.4) is 0 Å². The molecule has 1 aromatic rings. The Morgan fingerprint density at radius 3 is 0.966 bits per heavy atom. The normalized spacial score (nSPS) is 12.4. The highest BCUT2D eigenvalue weighted by Crippen LogP contribution is 2.21. The fourth-order valence-electron chi connectivity index (χ4n) is 4.73. The molecule has 2 rings (SSSR count). The molecule has 1 aromatic carbocycles. The summed E-state index contributed by atoms with van der Waals surface area (Å²) in [5, 5.41) is 8.46. The average molecular weight is 848 g/mol. The fraction of sp³-hybridized carbons (Fsp3) is 0.718. The molecule has 336 valence electrons. The quantitative estimate of drug-likeness (QED) is 0.0407. The van der Waals surface area contributed by atoms with E-state index in [4.69, 9.17) is 66.7 Å². The molecule has 1 heterocycles. The van der Waals surface area contributed by atoms with E-state index in [-0.39, 0.29) is 44.6 Å². The van der Waals surface area contributed by atoms with Crippen LogP contribution < -0.4 is 0 Å². The number of carboxylic acid groups (broad SMARTS) is 1. The summed E-state index contributed by atoms with van der Waals surface area (Å²) in [5.41, 5.74) is 0.863. The van der Waals surface area contributed by atoms with E-state index in [0.717, 1.165) is 0 Å². The lowest BCUT2D eigenvalue weighted by Crippen LogP contribution is -2.33. The van der Waals surface area contributed by atoms with E-state index in [9.17, 15) is 24.0 Å². The summed E-state index contributed by atoms with van der Waals surface area (Å²) in [6, 6.07) is 6.79. The first-order valence-electron chi connectivity index (χ1n) is 19.7. The van der Waals surface area contributed by atoms with Gasteiger partial charge in [-0.2, -0.15) is 0 Å². The predicted octanol–water partition coefficient (Wildman–Crippen LogP) is 0.459. The SMILES string of the molecule is O=C(CCC(=O)C(=O)O)OCCOCCOCCOCCOCCOCCOCCOCCOCCOCCOCCOCCOCCN1C(=O)c2ccccc2C1=O. The summed E-state index contributed by atoms with van der Waals surface area (Å²) in [6.07, 6.45) is -0.675. The third-order valence-corrected chi connectivity index (χ3v) is 7.71. The number of esters is 1. The number of ether oxygens (including phenoxy) is 13. The molecule has 0 atom stereocenters. The second-order valence-electron chi connectivity index (χ2n) is 12.1. The zero-order chi connectivity index (χ0) is 42.4. The van der Waals surface area contributed by atoms with Crippen molar-refractivity contribution in [3.8, 4) is 0 Å². The number of rotatable bonds is 43. The van der Waals surface area contributed by atoms with Crippen molar-refractivity contribution in [3.05, 3.63) is 35.4 Å². The standard InChI is InChI=1S/C39H61NO19/c41-35(39(45)46)5-6-36(42)59-32-31-58-30-29-57-28-27-56-26-25-55-24-23-54-22-21-53-20-19-52-18-17-51-16-15-50-14-13-49-12-11-48-10-9-47-8-7-40-37(43)33-3-1-2-4-34(33)38(40)44/h1-4H,5-32H2,(H,45,46). The minimum atomic E-state index is -1.57. The van der Waals surface area contributed by atoms with Crippen molar-refractivity contribution in [2.75, 3.05) is 172 Å². The van der Waals surface area contributed by atoms with Gasteiger partial charge in [-0.25, -0.2) is 4.79 Å². The smallest absolute Gasteiger partial charge is 0.372 e. The number of benzene rings is 1. The number of ketones is 1. The summed E-state index contributed by atoms with van der Waals surface area (Å²) >= 11 is 0. The van der Waals surface area contributed by atoms with Crippen molar-refractivity contribution < 1.29 is 90.7 Å². The molecule has 59 heavy (non-hydrogen) atoms. The molecule has 0 spiro atoms. The number of fused-ring (bicyclic) bond motifs is 1. The van der Waals surface area contributed by atoms with E-state index >= 15 is 0 Å². The molecule has 20 heteroatoms. The van der Waals surface area contributed by atoms with E-state index in [1.165, 1.54) is 4.90 Å². The predicted molar refractivity (Wildman–Crippen MR) is 204 cm³/mol. The van der Waals surface area contributed by atoms with Crippen LogP contribution in [-0.2, 0) is 76.0 Å². The summed E-state index contributed by atoms with van der Waals surface area (Å²) in [4.78, 5) is 58.5. The molecule has 20 nitrogen and oxygen atoms in total. The number of aliphatic carboxylic acids is 1. The van der Waals surface area contributed by atoms with E-state index in [1.807, 2.05) is 0 Å². The van der Waals surface area contributed by atoms with E-state index in [0.29, 0.717) is 156 Å². The number of hydrogen-bond acceptors (Lipinski definition) is 18. The highest BCUT2D eigenvalue weighted by atomic mass is 16.6. The number of nitrogens with zero attached hydrogens (tertiary/aromatic N) is 1. The Morgan fingerprint density at radius 1 is 0.407 bits per heavy atom. The van der Waals surface area contributed by atoms with Gasteiger partial charge in [0.05, 0.1) is 183 Å². The minimum Gasteiger partial charge on any atom is -0.476 e. The van der Waals surface area contributed by atoms with Gasteiger partial charge in [0.25, 0.3) is 11.8 Å². The zero-order valence-electron chi connectivity index (χ0n) is 33.9. The van der Waals surface area contributed by atoms with Crippen LogP contribution >= 0.6 is 0 Å². The van der Waals surface area contributed by atoms with E-state index in [2.05, 4.69) is 0 Å². The lowest BCUT2D eigenvalue weighted by molar-refractivity contribution is -0.151. The molecule has 0 aliphatic carbocycles. The largest absolute Gasteiger partial charge is 0.476 e. The summed E-state index contributed by atoms with van der Waals surface area (Å²) < 4.78 is 70.1. The van der Waals surface area contributed by atoms with Gasteiger partial charge in [0, 0.05) is 6.42 Å². The highest BCUT2D eigenvalue weighted by Gasteiger charge is 2.34. The van der Waals surface area contributed by atoms with Gasteiger partial charge in [0.1, 0.15) is 6.61 Å². The number of carboxylic acids is 1. The Morgan fingerprint density at radius 2 is 0.678 bits per heavy atom. The lowest BCUT2D eigenvalue weighted by atomic mass is 10.1. The molecule has 0 bridgehead atoms. The van der Waals surface area contributed by atoms with Gasteiger partial charge in [-0.1, -0.05) is 12.1 Å². The van der Waals surface area contributed by atoms with Crippen molar-refractivity contribution in [1.82, 2.24) is 4.90 Å². The fourth-order valence-corrected chi connectivity index (χ4v) is 4.73. The monoisotopic (exact) mass is 847 g/mol. The van der Waals surface area contributed by atoms with E-state index < -0.39 is 24.1 Å². The van der Waals surface area contributed by atoms with Gasteiger partial charge in [-0.05, 0) is 12.1 Å². The van der Waals surface area contributed by atoms with Crippen LogP contribution in [0.2, 0.25) is 0 Å². The second-order valence-corrected chi connectivity index (χ2v) is 12.1. The molecule has 0 saturated heterocycles. The summed E-state index contributed by atoms with van der Waals surface area (Å²) in [7, 11) is 0. The Kier molecular flexibility index (Phi) is 31.8. The van der Waals surface area contributed by atoms with Crippen molar-refractivity contribution >= 4 is 29.5 Å². The van der Waals surface area contributed by atoms with Crippen LogP contribution in [0.5, 0.6) is 0 Å². The molecule has 1 N–H and O–H groups in total. The molecular weight excluding hydrogens is 786 g/mol. The maximum Gasteiger partial charge on any atom is 0.372 e. The molecule has 2 amide bonds. The molecule has 0 radical (unpaired) electrons. The summed E-state index contributed by atoms with van der Waals surface area (Å²) in [5.74, 6) is -3.83. The Hall–Kier alpha value is -3.51. The highest BCUT2D eigenvalue weighted by molar-refractivity contribution is 6.32. The van der Waals surface area contributed by atoms with Crippen molar-refractivity contribution in [2.24, 2.45) is 0 Å². The maximum atomic E-state index is 12.3. The van der Waals surface area contributed by atoms with Gasteiger partial charge >= 0.3 is 11.9 Å². The Labute approximate surface area is 344 Å². The number of carbonyl (C=O) groups is 5. The Balaban J connectivity index is 1.15. The van der Waals surface area contributed by atoms with Gasteiger partial charge in [0.15, 0.2) is 0 Å². The summed E-state index contributed by atoms with van der Waals surface area (Å²) in [6.45, 7) is 9.92. The van der Waals surface area contributed by atoms with Crippen molar-refractivity contribution in [1.29, 1.82) is 0 Å². The first kappa shape index (κ1) is 51.6. The van der Waals surface area contributed by atoms with E-state index in [1.54, 1.807) is 24.3 Å². The number of Topliss-reactive ketones (excluding diaryl/α,β-unsaturated/α-hetero) is 1. The lowest BCUT2D eigenvalue weighted by Gasteiger charge is -2.13. The first-order chi connectivity index (χ1) is 28.9. The minimum absolute atomic E-state index is 0.00505. The molecule has 1 aliphatic rings. The first-order valence-corrected chi connectivity index (χ1v) is 19.7. The van der Waals surface area contributed by atoms with Crippen LogP contribution in [0.15, 0.2) is 24.3 Å². The number of amides is 2. The Bertz CT molecular complexity index is 1250. The van der Waals surface area contributed by atoms with Gasteiger partial charge in [-0.3, -0.25) is 24.1 Å². The topological polar surface area (TPSA) is 229 Å². The average Bonchev–Trinajstić information content (AvgIpc) is 3.48. The molecular formula is C39H61NO19. The third-order valence-electron chi connectivity index (χ3n) is 7.71. The number of hydrogen-bond donors (Lipinski definition) is 1. The van der Waals surface area contributed by atoms with Crippen molar-refractivity contribution in [3.63, 3.8) is 0 Å². The van der Waals surface area contributed by atoms with Gasteiger partial charge < -0.3 is 66.7 Å². The number of imide groups is 1. The van der Waals surface area contributed by atoms with Crippen LogP contribution in [0.25, 0.3) is 0 Å². The van der Waals surface area contributed by atoms with Crippen LogP contribution in [0.4, 0.5) is 0 Å². The van der Waals surface area contributed by atoms with Crippen LogP contribution in [0, 0.1) is 0 Å². The zero-order valence-corrected chi connectivity index (χ0v) is 33.9. The molecule has 0 fully saturated rings. The molecule has 0 aromatic heterocycles. The molecule has 0 saturated carbocycles. The van der Waals surface area contributed by atoms with Crippen molar-refractivity contribution in [2.45, 2.75) is 12.8 Å². The van der Waals surface area contributed by atoms with Gasteiger partial charge in [-0.15, -0.1) is 0 Å². The third kappa shape index (κ3) is 27.1. The molecule has 0 unspecified atom stereocenters. The van der Waals surface area contributed by atoms with Gasteiger partial charge in [0.2, 0.25) is 5.78 Å². The van der Waals surface area contributed by atoms with Crippen LogP contribution in [-0.4, -0.2) is 211 Å². The molecule has 1 aliphatic heterocycles. The second kappa shape index (κ2) is 36.4. The maximum absolute atomic E-state index is 12.3.